The first kappa shape index (κ1) is 23.7. The van der Waals surface area contributed by atoms with Gasteiger partial charge in [-0.15, -0.1) is 10.2 Å². The molecule has 0 radical (unpaired) electrons. The number of rotatable bonds is 5. The molecule has 9 rings (SSSR count). The third-order valence-electron chi connectivity index (χ3n) is 8.29. The Kier molecular flexibility index (Phi) is 5.32. The van der Waals surface area contributed by atoms with Crippen LogP contribution in [0.3, 0.4) is 0 Å². The van der Waals surface area contributed by atoms with Gasteiger partial charge in [-0.2, -0.15) is 0 Å². The molecule has 41 heavy (non-hydrogen) atoms. The van der Waals surface area contributed by atoms with Crippen LogP contribution >= 0.6 is 0 Å². The summed E-state index contributed by atoms with van der Waals surface area (Å²) in [7, 11) is 1.75. The second kappa shape index (κ2) is 9.20. The van der Waals surface area contributed by atoms with E-state index in [2.05, 4.69) is 65.7 Å². The molecule has 0 amide bonds. The van der Waals surface area contributed by atoms with E-state index < -0.39 is 0 Å². The Hall–Kier alpha value is -5.16. The molecule has 0 atom stereocenters. The number of hydrogen-bond acceptors (Lipinski definition) is 5. The lowest BCUT2D eigenvalue weighted by molar-refractivity contribution is 0.402. The summed E-state index contributed by atoms with van der Waals surface area (Å²) < 4.78 is 18.5. The van der Waals surface area contributed by atoms with E-state index in [4.69, 9.17) is 13.9 Å². The van der Waals surface area contributed by atoms with Crippen LogP contribution < -0.4 is 9.47 Å². The van der Waals surface area contributed by atoms with Gasteiger partial charge >= 0.3 is 0 Å². The normalized spacial score (nSPS) is 16.0. The molecule has 1 heterocycles. The van der Waals surface area contributed by atoms with Gasteiger partial charge in [-0.25, -0.2) is 0 Å². The molecule has 5 aromatic carbocycles. The zero-order valence-electron chi connectivity index (χ0n) is 22.7. The summed E-state index contributed by atoms with van der Waals surface area (Å²) in [5.74, 6) is 3.62. The zero-order valence-corrected chi connectivity index (χ0v) is 22.7. The summed E-state index contributed by atoms with van der Waals surface area (Å²) in [6.45, 7) is 2.05. The predicted molar refractivity (Wildman–Crippen MR) is 158 cm³/mol. The van der Waals surface area contributed by atoms with Crippen LogP contribution in [0, 0.1) is 6.92 Å². The lowest BCUT2D eigenvalue weighted by Crippen LogP contribution is -2.28. The quantitative estimate of drug-likeness (QED) is 0.222. The van der Waals surface area contributed by atoms with Crippen molar-refractivity contribution in [3.8, 4) is 40.2 Å². The van der Waals surface area contributed by atoms with Gasteiger partial charge in [0.2, 0.25) is 11.8 Å². The molecule has 3 aliphatic carbocycles. The van der Waals surface area contributed by atoms with E-state index in [0.29, 0.717) is 11.8 Å². The SMILES string of the molecule is COc1ccc(Oc2ccc(-c3nnc(-c4ccc(C)cc4)o3)cc2)c2c1C1c3ccccc3C2c2ccccc21. The topological polar surface area (TPSA) is 57.4 Å². The molecule has 0 spiro atoms. The van der Waals surface area contributed by atoms with Crippen LogP contribution in [0.5, 0.6) is 17.2 Å². The molecule has 198 valence electrons. The number of hydrogen-bond donors (Lipinski definition) is 0. The Morgan fingerprint density at radius 2 is 1.02 bits per heavy atom. The number of benzene rings is 5. The molecule has 0 aliphatic heterocycles. The summed E-state index contributed by atoms with van der Waals surface area (Å²) in [4.78, 5) is 0. The first-order valence-electron chi connectivity index (χ1n) is 13.8. The van der Waals surface area contributed by atoms with Crippen molar-refractivity contribution in [3.63, 3.8) is 0 Å². The zero-order chi connectivity index (χ0) is 27.5. The lowest BCUT2D eigenvalue weighted by atomic mass is 9.60. The molecular weight excluding hydrogens is 508 g/mol. The van der Waals surface area contributed by atoms with Crippen LogP contribution in [-0.4, -0.2) is 17.3 Å². The van der Waals surface area contributed by atoms with E-state index in [9.17, 15) is 0 Å². The van der Waals surface area contributed by atoms with Gasteiger partial charge in [0.1, 0.15) is 17.2 Å². The molecule has 1 aromatic heterocycles. The van der Waals surface area contributed by atoms with Gasteiger partial charge in [-0.3, -0.25) is 0 Å². The molecule has 3 aliphatic rings. The monoisotopic (exact) mass is 534 g/mol. The Labute approximate surface area is 238 Å². The summed E-state index contributed by atoms with van der Waals surface area (Å²) in [6.07, 6.45) is 0. The standard InChI is InChI=1S/C36H26N2O3/c1-21-11-13-22(14-12-21)35-37-38-36(41-35)23-15-17-24(18-16-23)40-30-20-19-29(39-2)33-31-25-7-3-5-9-27(25)32(34(30)33)28-10-6-4-8-26(28)31/h3-20,31-32H,1-2H3. The van der Waals surface area contributed by atoms with Crippen LogP contribution in [-0.2, 0) is 0 Å². The number of nitrogens with zero attached hydrogens (tertiary/aromatic N) is 2. The molecule has 0 N–H and O–H groups in total. The van der Waals surface area contributed by atoms with Crippen molar-refractivity contribution in [2.45, 2.75) is 18.8 Å². The van der Waals surface area contributed by atoms with Gasteiger partial charge in [0.05, 0.1) is 7.11 Å². The van der Waals surface area contributed by atoms with Crippen molar-refractivity contribution in [1.29, 1.82) is 0 Å². The van der Waals surface area contributed by atoms with Crippen molar-refractivity contribution in [1.82, 2.24) is 10.2 Å². The van der Waals surface area contributed by atoms with E-state index in [0.717, 1.165) is 28.4 Å². The highest BCUT2D eigenvalue weighted by Gasteiger charge is 2.44. The minimum Gasteiger partial charge on any atom is -0.496 e. The highest BCUT2D eigenvalue weighted by Crippen LogP contribution is 2.60. The molecule has 0 unspecified atom stereocenters. The summed E-state index contributed by atoms with van der Waals surface area (Å²) in [6, 6.07) is 37.4. The Bertz CT molecular complexity index is 1880. The largest absolute Gasteiger partial charge is 0.496 e. The molecule has 5 heteroatoms. The number of aryl methyl sites for hydroxylation is 1. The maximum absolute atomic E-state index is 6.61. The van der Waals surface area contributed by atoms with Crippen LogP contribution in [0.4, 0.5) is 0 Å². The fraction of sp³-hybridized carbons (Fsp3) is 0.111. The summed E-state index contributed by atoms with van der Waals surface area (Å²) >= 11 is 0. The molecule has 5 nitrogen and oxygen atoms in total. The van der Waals surface area contributed by atoms with Gasteiger partial charge < -0.3 is 13.9 Å². The van der Waals surface area contributed by atoms with E-state index in [1.165, 1.54) is 38.9 Å². The smallest absolute Gasteiger partial charge is 0.248 e. The first-order valence-corrected chi connectivity index (χ1v) is 13.8. The average molecular weight is 535 g/mol. The second-order valence-electron chi connectivity index (χ2n) is 10.6. The van der Waals surface area contributed by atoms with Crippen molar-refractivity contribution in [3.05, 3.63) is 148 Å². The number of ether oxygens (including phenoxy) is 2. The minimum atomic E-state index is 0.0744. The summed E-state index contributed by atoms with van der Waals surface area (Å²) in [5, 5.41) is 8.52. The van der Waals surface area contributed by atoms with Crippen LogP contribution in [0.1, 0.15) is 50.8 Å². The van der Waals surface area contributed by atoms with Crippen molar-refractivity contribution < 1.29 is 13.9 Å². The number of methoxy groups -OCH3 is 1. The molecule has 0 saturated heterocycles. The lowest BCUT2D eigenvalue weighted by Gasteiger charge is -2.43. The maximum atomic E-state index is 6.61. The molecule has 2 bridgehead atoms. The summed E-state index contributed by atoms with van der Waals surface area (Å²) in [5.41, 5.74) is 10.6. The van der Waals surface area contributed by atoms with Crippen molar-refractivity contribution in [2.75, 3.05) is 7.11 Å². The van der Waals surface area contributed by atoms with Gasteiger partial charge in [-0.1, -0.05) is 66.2 Å². The Morgan fingerprint density at radius 1 is 0.561 bits per heavy atom. The second-order valence-corrected chi connectivity index (χ2v) is 10.6. The van der Waals surface area contributed by atoms with Crippen molar-refractivity contribution >= 4 is 0 Å². The van der Waals surface area contributed by atoms with Gasteiger partial charge in [0.25, 0.3) is 0 Å². The number of aromatic nitrogens is 2. The first-order chi connectivity index (χ1) is 20.2. The van der Waals surface area contributed by atoms with E-state index >= 15 is 0 Å². The molecule has 6 aromatic rings. The molecule has 0 fully saturated rings. The predicted octanol–water partition coefficient (Wildman–Crippen LogP) is 8.50. The molecule has 0 saturated carbocycles. The minimum absolute atomic E-state index is 0.0744. The average Bonchev–Trinajstić information content (AvgIpc) is 3.52. The van der Waals surface area contributed by atoms with Gasteiger partial charge in [-0.05, 0) is 77.7 Å². The van der Waals surface area contributed by atoms with Gasteiger partial charge in [0, 0.05) is 34.1 Å². The van der Waals surface area contributed by atoms with Crippen LogP contribution in [0.2, 0.25) is 0 Å². The van der Waals surface area contributed by atoms with Crippen molar-refractivity contribution in [2.24, 2.45) is 0 Å². The maximum Gasteiger partial charge on any atom is 0.248 e. The fourth-order valence-electron chi connectivity index (χ4n) is 6.43. The third kappa shape index (κ3) is 3.70. The Balaban J connectivity index is 1.16. The Morgan fingerprint density at radius 3 is 1.54 bits per heavy atom. The van der Waals surface area contributed by atoms with E-state index in [1.807, 2.05) is 60.7 Å². The highest BCUT2D eigenvalue weighted by atomic mass is 16.5. The third-order valence-corrected chi connectivity index (χ3v) is 8.29. The van der Waals surface area contributed by atoms with Crippen LogP contribution in [0.15, 0.2) is 114 Å². The van der Waals surface area contributed by atoms with E-state index in [-0.39, 0.29) is 11.8 Å². The van der Waals surface area contributed by atoms with Crippen LogP contribution in [0.25, 0.3) is 22.9 Å². The van der Waals surface area contributed by atoms with E-state index in [1.54, 1.807) is 7.11 Å². The molecular formula is C36H26N2O3. The van der Waals surface area contributed by atoms with Gasteiger partial charge in [0.15, 0.2) is 0 Å². The highest BCUT2D eigenvalue weighted by molar-refractivity contribution is 5.73. The fourth-order valence-corrected chi connectivity index (χ4v) is 6.43.